The topological polar surface area (TPSA) is 179 Å². The molecule has 1 saturated heterocycles. The van der Waals surface area contributed by atoms with E-state index in [4.69, 9.17) is 24.4 Å². The van der Waals surface area contributed by atoms with Gasteiger partial charge >= 0.3 is 11.7 Å². The molecule has 1 fully saturated rings. The maximum atomic E-state index is 13.1. The summed E-state index contributed by atoms with van der Waals surface area (Å²) in [6.45, 7) is 10.7. The SMILES string of the molecule is CC(C)=CCc1cc(C(=O)Cc2c(O)c3ccc(O[C@H]4OC(C)(C)[C@H](C)[C@H](OC(N)=O)[C@@H]4O)c(C)c3oc2=O)ccc1O. The second-order valence-electron chi connectivity index (χ2n) is 11.6. The lowest BCUT2D eigenvalue weighted by molar-refractivity contribution is -0.283. The minimum atomic E-state index is -1.39. The number of hydrogen-bond acceptors (Lipinski definition) is 10. The predicted molar refractivity (Wildman–Crippen MR) is 157 cm³/mol. The first-order chi connectivity index (χ1) is 20.1. The Balaban J connectivity index is 1.63. The van der Waals surface area contributed by atoms with Crippen LogP contribution in [0.3, 0.4) is 0 Å². The molecular formula is C32H37NO10. The second-order valence-corrected chi connectivity index (χ2v) is 11.6. The van der Waals surface area contributed by atoms with Crippen molar-refractivity contribution in [2.75, 3.05) is 0 Å². The molecule has 0 spiro atoms. The molecule has 43 heavy (non-hydrogen) atoms. The fourth-order valence-electron chi connectivity index (χ4n) is 5.04. The van der Waals surface area contributed by atoms with Crippen molar-refractivity contribution >= 4 is 22.8 Å². The quantitative estimate of drug-likeness (QED) is 0.165. The van der Waals surface area contributed by atoms with Crippen molar-refractivity contribution in [3.63, 3.8) is 0 Å². The van der Waals surface area contributed by atoms with Gasteiger partial charge in [-0.2, -0.15) is 0 Å². The molecule has 0 saturated carbocycles. The van der Waals surface area contributed by atoms with Gasteiger partial charge in [-0.15, -0.1) is 0 Å². The van der Waals surface area contributed by atoms with Crippen LogP contribution >= 0.6 is 0 Å². The summed E-state index contributed by atoms with van der Waals surface area (Å²) in [4.78, 5) is 37.6. The number of carbonyl (C=O) groups is 2. The highest BCUT2D eigenvalue weighted by atomic mass is 16.7. The first-order valence-electron chi connectivity index (χ1n) is 13.9. The van der Waals surface area contributed by atoms with E-state index >= 15 is 0 Å². The van der Waals surface area contributed by atoms with Gasteiger partial charge in [0.2, 0.25) is 6.29 Å². The third-order valence-electron chi connectivity index (χ3n) is 7.93. The van der Waals surface area contributed by atoms with Crippen LogP contribution in [0.1, 0.15) is 61.7 Å². The average Bonchev–Trinajstić information content (AvgIpc) is 2.93. The number of allylic oxidation sites excluding steroid dienone is 2. The monoisotopic (exact) mass is 595 g/mol. The van der Waals surface area contributed by atoms with Gasteiger partial charge in [0.05, 0.1) is 16.6 Å². The van der Waals surface area contributed by atoms with Gasteiger partial charge in [0, 0.05) is 23.5 Å². The Morgan fingerprint density at radius 2 is 1.84 bits per heavy atom. The fourth-order valence-corrected chi connectivity index (χ4v) is 5.04. The number of ether oxygens (including phenoxy) is 3. The first kappa shape index (κ1) is 31.6. The van der Waals surface area contributed by atoms with E-state index in [1.807, 2.05) is 19.9 Å². The number of aryl methyl sites for hydroxylation is 1. The van der Waals surface area contributed by atoms with E-state index in [1.165, 1.54) is 24.3 Å². The van der Waals surface area contributed by atoms with Gasteiger partial charge in [0.15, 0.2) is 11.9 Å². The molecule has 0 bridgehead atoms. The zero-order valence-electron chi connectivity index (χ0n) is 25.0. The smallest absolute Gasteiger partial charge is 0.404 e. The first-order valence-corrected chi connectivity index (χ1v) is 13.9. The average molecular weight is 596 g/mol. The fraction of sp³-hybridized carbons (Fsp3) is 0.406. The molecule has 1 amide bonds. The van der Waals surface area contributed by atoms with Crippen molar-refractivity contribution in [2.24, 2.45) is 11.7 Å². The lowest BCUT2D eigenvalue weighted by Gasteiger charge is -2.47. The van der Waals surface area contributed by atoms with Gasteiger partial charge in [-0.25, -0.2) is 9.59 Å². The van der Waals surface area contributed by atoms with E-state index < -0.39 is 59.7 Å². The Hall–Kier alpha value is -4.35. The van der Waals surface area contributed by atoms with Gasteiger partial charge in [-0.3, -0.25) is 4.79 Å². The van der Waals surface area contributed by atoms with Gasteiger partial charge in [-0.1, -0.05) is 18.6 Å². The maximum Gasteiger partial charge on any atom is 0.404 e. The third-order valence-corrected chi connectivity index (χ3v) is 7.93. The van der Waals surface area contributed by atoms with Crippen LogP contribution in [0.25, 0.3) is 11.0 Å². The molecule has 3 aromatic rings. The molecule has 1 aliphatic heterocycles. The standard InChI is InChI=1S/C32H37NO10/c1-15(2)7-8-18-13-19(9-11-22(18)34)23(35)14-21-25(36)20-10-12-24(16(3)27(20)41-29(21)38)40-30-26(37)28(42-31(33)39)17(4)32(5,6)43-30/h7,9-13,17,26,28,30,34,36-37H,8,14H2,1-6H3,(H2,33,39)/t17-,26+,28+,30+/m1/s1. The van der Waals surface area contributed by atoms with Gasteiger partial charge in [0.1, 0.15) is 28.9 Å². The third kappa shape index (κ3) is 6.52. The highest BCUT2D eigenvalue weighted by Gasteiger charge is 2.50. The number of Topliss-reactive ketones (excluding diaryl/α,β-unsaturated/α-hetero) is 1. The van der Waals surface area contributed by atoms with Crippen molar-refractivity contribution in [2.45, 2.75) is 78.5 Å². The van der Waals surface area contributed by atoms with Crippen LogP contribution in [0.4, 0.5) is 4.79 Å². The molecule has 2 aromatic carbocycles. The minimum Gasteiger partial charge on any atom is -0.508 e. The molecule has 0 unspecified atom stereocenters. The Labute approximate surface area is 248 Å². The molecule has 5 N–H and O–H groups in total. The summed E-state index contributed by atoms with van der Waals surface area (Å²) in [6.07, 6.45) is -2.78. The van der Waals surface area contributed by atoms with Gasteiger partial charge in [0.25, 0.3) is 0 Å². The van der Waals surface area contributed by atoms with Crippen molar-refractivity contribution < 1.29 is 43.5 Å². The summed E-state index contributed by atoms with van der Waals surface area (Å²) >= 11 is 0. The maximum absolute atomic E-state index is 13.1. The Kier molecular flexibility index (Phi) is 8.89. The molecule has 11 nitrogen and oxygen atoms in total. The van der Waals surface area contributed by atoms with Crippen LogP contribution in [-0.4, -0.2) is 51.3 Å². The number of benzene rings is 2. The number of fused-ring (bicyclic) bond motifs is 1. The van der Waals surface area contributed by atoms with Crippen LogP contribution in [0.15, 0.2) is 51.2 Å². The molecule has 2 heterocycles. The number of primary amides is 1. The van der Waals surface area contributed by atoms with Crippen molar-refractivity contribution in [1.82, 2.24) is 0 Å². The zero-order chi connectivity index (χ0) is 31.8. The lowest BCUT2D eigenvalue weighted by Crippen LogP contribution is -2.61. The summed E-state index contributed by atoms with van der Waals surface area (Å²) in [7, 11) is 0. The molecule has 4 atom stereocenters. The highest BCUT2D eigenvalue weighted by molar-refractivity contribution is 5.99. The number of aliphatic hydroxyl groups excluding tert-OH is 1. The van der Waals surface area contributed by atoms with E-state index in [9.17, 15) is 29.7 Å². The summed E-state index contributed by atoms with van der Waals surface area (Å²) in [5, 5.41) is 32.3. The number of amides is 1. The van der Waals surface area contributed by atoms with E-state index in [-0.39, 0.29) is 33.6 Å². The molecule has 1 aliphatic rings. The summed E-state index contributed by atoms with van der Waals surface area (Å²) in [6, 6.07) is 7.41. The number of hydrogen-bond donors (Lipinski definition) is 4. The number of aliphatic hydroxyl groups is 1. The summed E-state index contributed by atoms with van der Waals surface area (Å²) in [5.41, 5.74) is 5.46. The van der Waals surface area contributed by atoms with E-state index in [0.29, 0.717) is 17.5 Å². The molecule has 11 heteroatoms. The van der Waals surface area contributed by atoms with E-state index in [2.05, 4.69) is 0 Å². The number of aromatic hydroxyl groups is 2. The van der Waals surface area contributed by atoms with E-state index in [1.54, 1.807) is 33.8 Å². The highest BCUT2D eigenvalue weighted by Crippen LogP contribution is 2.39. The summed E-state index contributed by atoms with van der Waals surface area (Å²) in [5.74, 6) is -1.04. The number of ketones is 1. The van der Waals surface area contributed by atoms with Crippen LogP contribution < -0.4 is 16.1 Å². The largest absolute Gasteiger partial charge is 0.508 e. The van der Waals surface area contributed by atoms with Gasteiger partial charge < -0.3 is 39.7 Å². The van der Waals surface area contributed by atoms with Crippen LogP contribution in [0.5, 0.6) is 17.2 Å². The Morgan fingerprint density at radius 1 is 1.14 bits per heavy atom. The Morgan fingerprint density at radius 3 is 2.49 bits per heavy atom. The normalized spacial score (nSPS) is 21.3. The van der Waals surface area contributed by atoms with E-state index in [0.717, 1.165) is 5.57 Å². The molecule has 0 aliphatic carbocycles. The minimum absolute atomic E-state index is 0.0210. The van der Waals surface area contributed by atoms with Gasteiger partial charge in [-0.05, 0) is 76.9 Å². The predicted octanol–water partition coefficient (Wildman–Crippen LogP) is 4.42. The molecule has 0 radical (unpaired) electrons. The van der Waals surface area contributed by atoms with Crippen molar-refractivity contribution in [3.05, 3.63) is 74.7 Å². The lowest BCUT2D eigenvalue weighted by atomic mass is 9.82. The molecular weight excluding hydrogens is 558 g/mol. The number of nitrogens with two attached hydrogens (primary N) is 1. The van der Waals surface area contributed by atoms with Crippen LogP contribution in [-0.2, 0) is 22.3 Å². The second kappa shape index (κ2) is 12.1. The Bertz CT molecular complexity index is 1650. The zero-order valence-corrected chi connectivity index (χ0v) is 25.0. The van der Waals surface area contributed by atoms with Crippen LogP contribution in [0.2, 0.25) is 0 Å². The molecule has 4 rings (SSSR count). The number of rotatable bonds is 8. The van der Waals surface area contributed by atoms with Crippen molar-refractivity contribution in [3.8, 4) is 17.2 Å². The van der Waals surface area contributed by atoms with Crippen LogP contribution in [0, 0.1) is 12.8 Å². The number of phenols is 1. The molecule has 1 aromatic heterocycles. The molecule has 230 valence electrons. The summed E-state index contributed by atoms with van der Waals surface area (Å²) < 4.78 is 22.6. The number of phenolic OH excluding ortho intramolecular Hbond substituents is 1. The number of carbonyl (C=O) groups excluding carboxylic acids is 2. The van der Waals surface area contributed by atoms with Crippen molar-refractivity contribution in [1.29, 1.82) is 0 Å².